The molecule has 0 amide bonds. The quantitative estimate of drug-likeness (QED) is 0.137. The lowest BCUT2D eigenvalue weighted by molar-refractivity contribution is -0.148. The second-order valence-corrected chi connectivity index (χ2v) is 8.73. The zero-order valence-electron chi connectivity index (χ0n) is 20.0. The summed E-state index contributed by atoms with van der Waals surface area (Å²) in [4.78, 5) is 16.0. The first-order chi connectivity index (χ1) is 15.8. The molecular formula is C27H43NO4. The molecule has 1 aromatic heterocycles. The van der Waals surface area contributed by atoms with Crippen molar-refractivity contribution in [3.05, 3.63) is 42.2 Å². The number of allylic oxidation sites excluding steroid dienone is 2. The molecule has 1 aliphatic heterocycles. The van der Waals surface area contributed by atoms with Crippen LogP contribution in [-0.4, -0.2) is 30.3 Å². The number of carbonyl (C=O) groups is 1. The standard InChI is InChI=1S/C27H43NO4/c1-2-3-4-5-6-7-8-9-10-11-12-13-14-15-16-19-26(29)30-22-25-23-31-27(32-25)24-18-17-20-28-21-24/h9-10,17-18,20-21,25,27H,2-8,11-16,19,22-23H2,1H3/b10-9-. The van der Waals surface area contributed by atoms with Crippen molar-refractivity contribution in [1.29, 1.82) is 0 Å². The fourth-order valence-electron chi connectivity index (χ4n) is 3.82. The summed E-state index contributed by atoms with van der Waals surface area (Å²) in [5, 5.41) is 0. The van der Waals surface area contributed by atoms with E-state index in [1.54, 1.807) is 12.4 Å². The Balaban J connectivity index is 1.36. The average Bonchev–Trinajstić information content (AvgIpc) is 3.30. The Bertz CT molecular complexity index is 619. The molecule has 0 aliphatic carbocycles. The molecule has 1 aliphatic rings. The van der Waals surface area contributed by atoms with Crippen LogP contribution in [0.15, 0.2) is 36.7 Å². The van der Waals surface area contributed by atoms with Crippen molar-refractivity contribution in [2.45, 2.75) is 109 Å². The zero-order chi connectivity index (χ0) is 22.7. The van der Waals surface area contributed by atoms with Gasteiger partial charge in [0.25, 0.3) is 0 Å². The largest absolute Gasteiger partial charge is 0.463 e. The predicted octanol–water partition coefficient (Wildman–Crippen LogP) is 7.08. The van der Waals surface area contributed by atoms with Gasteiger partial charge in [-0.3, -0.25) is 9.78 Å². The number of pyridine rings is 1. The number of esters is 1. The summed E-state index contributed by atoms with van der Waals surface area (Å²) in [6.45, 7) is 2.95. The van der Waals surface area contributed by atoms with E-state index in [2.05, 4.69) is 24.1 Å². The van der Waals surface area contributed by atoms with Crippen molar-refractivity contribution in [1.82, 2.24) is 4.98 Å². The highest BCUT2D eigenvalue weighted by molar-refractivity contribution is 5.69. The Morgan fingerprint density at radius 2 is 1.72 bits per heavy atom. The van der Waals surface area contributed by atoms with Gasteiger partial charge in [0.2, 0.25) is 0 Å². The number of unbranched alkanes of at least 4 members (excludes halogenated alkanes) is 11. The van der Waals surface area contributed by atoms with Crippen LogP contribution in [0, 0.1) is 0 Å². The number of carbonyl (C=O) groups excluding carboxylic acids is 1. The third-order valence-electron chi connectivity index (χ3n) is 5.78. The second-order valence-electron chi connectivity index (χ2n) is 8.73. The Kier molecular flexibility index (Phi) is 14.8. The number of hydrogen-bond donors (Lipinski definition) is 0. The number of hydrogen-bond acceptors (Lipinski definition) is 5. The van der Waals surface area contributed by atoms with Crippen molar-refractivity contribution >= 4 is 5.97 Å². The lowest BCUT2D eigenvalue weighted by Gasteiger charge is -2.11. The van der Waals surface area contributed by atoms with Crippen LogP contribution in [-0.2, 0) is 19.0 Å². The average molecular weight is 446 g/mol. The fraction of sp³-hybridized carbons (Fsp3) is 0.704. The minimum atomic E-state index is -0.419. The Morgan fingerprint density at radius 1 is 1.03 bits per heavy atom. The summed E-state index contributed by atoms with van der Waals surface area (Å²) in [7, 11) is 0. The van der Waals surface area contributed by atoms with Crippen LogP contribution in [0.4, 0.5) is 0 Å². The summed E-state index contributed by atoms with van der Waals surface area (Å²) >= 11 is 0. The minimum absolute atomic E-state index is 0.143. The first-order valence-corrected chi connectivity index (χ1v) is 12.8. The van der Waals surface area contributed by atoms with Crippen molar-refractivity contribution < 1.29 is 19.0 Å². The van der Waals surface area contributed by atoms with E-state index in [9.17, 15) is 4.79 Å². The number of rotatable bonds is 18. The normalized spacial score (nSPS) is 18.4. The molecule has 5 nitrogen and oxygen atoms in total. The third kappa shape index (κ3) is 12.4. The summed E-state index contributed by atoms with van der Waals surface area (Å²) in [5.74, 6) is -0.143. The van der Waals surface area contributed by atoms with Crippen LogP contribution in [0.25, 0.3) is 0 Å². The van der Waals surface area contributed by atoms with Gasteiger partial charge in [-0.15, -0.1) is 0 Å². The predicted molar refractivity (Wildman–Crippen MR) is 128 cm³/mol. The minimum Gasteiger partial charge on any atom is -0.463 e. The smallest absolute Gasteiger partial charge is 0.305 e. The molecule has 0 radical (unpaired) electrons. The highest BCUT2D eigenvalue weighted by Gasteiger charge is 2.28. The molecule has 1 fully saturated rings. The molecule has 32 heavy (non-hydrogen) atoms. The molecule has 0 aromatic carbocycles. The van der Waals surface area contributed by atoms with E-state index < -0.39 is 6.29 Å². The van der Waals surface area contributed by atoms with E-state index >= 15 is 0 Å². The lowest BCUT2D eigenvalue weighted by atomic mass is 10.1. The number of nitrogens with zero attached hydrogens (tertiary/aromatic N) is 1. The summed E-state index contributed by atoms with van der Waals surface area (Å²) < 4.78 is 16.8. The van der Waals surface area contributed by atoms with Gasteiger partial charge in [-0.25, -0.2) is 0 Å². The van der Waals surface area contributed by atoms with E-state index in [0.29, 0.717) is 13.0 Å². The van der Waals surface area contributed by atoms with Crippen molar-refractivity contribution in [2.24, 2.45) is 0 Å². The maximum Gasteiger partial charge on any atom is 0.305 e. The van der Waals surface area contributed by atoms with Crippen LogP contribution in [0.2, 0.25) is 0 Å². The summed E-state index contributed by atoms with van der Waals surface area (Å²) in [6, 6.07) is 3.77. The monoisotopic (exact) mass is 445 g/mol. The molecule has 0 saturated carbocycles. The van der Waals surface area contributed by atoms with Gasteiger partial charge in [-0.2, -0.15) is 0 Å². The van der Waals surface area contributed by atoms with Crippen LogP contribution in [0.3, 0.4) is 0 Å². The summed E-state index contributed by atoms with van der Waals surface area (Å²) in [5.41, 5.74) is 0.884. The van der Waals surface area contributed by atoms with E-state index in [0.717, 1.165) is 18.4 Å². The lowest BCUT2D eigenvalue weighted by Crippen LogP contribution is -2.20. The first kappa shape index (κ1) is 26.5. The highest BCUT2D eigenvalue weighted by atomic mass is 16.7. The van der Waals surface area contributed by atoms with Gasteiger partial charge in [0.05, 0.1) is 6.61 Å². The molecule has 2 rings (SSSR count). The summed E-state index contributed by atoms with van der Waals surface area (Å²) in [6.07, 6.45) is 24.3. The van der Waals surface area contributed by atoms with Crippen LogP contribution >= 0.6 is 0 Å². The van der Waals surface area contributed by atoms with E-state index in [1.807, 2.05) is 12.1 Å². The van der Waals surface area contributed by atoms with Crippen LogP contribution in [0.1, 0.15) is 109 Å². The van der Waals surface area contributed by atoms with Gasteiger partial charge in [0.1, 0.15) is 12.7 Å². The topological polar surface area (TPSA) is 57.7 Å². The molecule has 1 saturated heterocycles. The Labute approximate surface area is 194 Å². The van der Waals surface area contributed by atoms with Gasteiger partial charge in [-0.1, -0.05) is 76.5 Å². The van der Waals surface area contributed by atoms with E-state index in [1.165, 1.54) is 70.6 Å². The molecule has 1 aromatic rings. The van der Waals surface area contributed by atoms with E-state index in [4.69, 9.17) is 14.2 Å². The maximum atomic E-state index is 11.9. The maximum absolute atomic E-state index is 11.9. The second kappa shape index (κ2) is 17.8. The van der Waals surface area contributed by atoms with Gasteiger partial charge >= 0.3 is 5.97 Å². The van der Waals surface area contributed by atoms with Gasteiger partial charge < -0.3 is 14.2 Å². The molecule has 2 unspecified atom stereocenters. The van der Waals surface area contributed by atoms with Crippen molar-refractivity contribution in [2.75, 3.05) is 13.2 Å². The molecule has 5 heteroatoms. The number of aromatic nitrogens is 1. The van der Waals surface area contributed by atoms with E-state index in [-0.39, 0.29) is 18.7 Å². The molecule has 2 atom stereocenters. The highest BCUT2D eigenvalue weighted by Crippen LogP contribution is 2.26. The third-order valence-corrected chi connectivity index (χ3v) is 5.78. The van der Waals surface area contributed by atoms with Crippen LogP contribution < -0.4 is 0 Å². The van der Waals surface area contributed by atoms with Crippen LogP contribution in [0.5, 0.6) is 0 Å². The van der Waals surface area contributed by atoms with Crippen molar-refractivity contribution in [3.63, 3.8) is 0 Å². The van der Waals surface area contributed by atoms with Gasteiger partial charge in [0.15, 0.2) is 6.29 Å². The molecule has 0 N–H and O–H groups in total. The first-order valence-electron chi connectivity index (χ1n) is 12.8. The molecule has 2 heterocycles. The Morgan fingerprint density at radius 3 is 2.41 bits per heavy atom. The van der Waals surface area contributed by atoms with Gasteiger partial charge in [0, 0.05) is 24.4 Å². The molecule has 0 spiro atoms. The van der Waals surface area contributed by atoms with Crippen molar-refractivity contribution in [3.8, 4) is 0 Å². The zero-order valence-corrected chi connectivity index (χ0v) is 20.0. The molecule has 0 bridgehead atoms. The molecular weight excluding hydrogens is 402 g/mol. The molecule has 180 valence electrons. The van der Waals surface area contributed by atoms with Gasteiger partial charge in [-0.05, 0) is 38.2 Å². The number of ether oxygens (including phenoxy) is 3. The SMILES string of the molecule is CCCCCCCC/C=C\CCCCCCCC(=O)OCC1COC(c2cccnc2)O1. The Hall–Kier alpha value is -1.72. The fourth-order valence-corrected chi connectivity index (χ4v) is 3.82.